The van der Waals surface area contributed by atoms with Crippen LogP contribution in [0.5, 0.6) is 0 Å². The smallest absolute Gasteiger partial charge is 0.0547 e. The second kappa shape index (κ2) is 12.9. The normalized spacial score (nSPS) is 11.6. The Balaban J connectivity index is 1.11. The maximum atomic E-state index is 2.42. The van der Waals surface area contributed by atoms with Gasteiger partial charge in [0.1, 0.15) is 0 Å². The Morgan fingerprint density at radius 2 is 0.964 bits per heavy atom. The van der Waals surface area contributed by atoms with Gasteiger partial charge in [-0.05, 0) is 106 Å². The van der Waals surface area contributed by atoms with Crippen LogP contribution in [0.3, 0.4) is 0 Å². The van der Waals surface area contributed by atoms with Crippen molar-refractivity contribution in [1.29, 1.82) is 0 Å². The second-order valence-corrected chi connectivity index (χ2v) is 15.2. The third-order valence-electron chi connectivity index (χ3n) is 11.0. The molecule has 0 aliphatic heterocycles. The molecule has 258 valence electrons. The summed E-state index contributed by atoms with van der Waals surface area (Å²) in [7, 11) is 0. The van der Waals surface area contributed by atoms with E-state index in [2.05, 4.69) is 216 Å². The van der Waals surface area contributed by atoms with Crippen molar-refractivity contribution in [2.45, 2.75) is 0 Å². The molecule has 2 nitrogen and oxygen atoms in total. The molecule has 55 heavy (non-hydrogen) atoms. The molecule has 0 saturated carbocycles. The van der Waals surface area contributed by atoms with Crippen molar-refractivity contribution in [3.8, 4) is 27.9 Å². The predicted octanol–water partition coefficient (Wildman–Crippen LogP) is 15.1. The summed E-state index contributed by atoms with van der Waals surface area (Å²) >= 11 is 1.86. The first-order chi connectivity index (χ1) is 27.3. The van der Waals surface area contributed by atoms with Gasteiger partial charge in [0.25, 0.3) is 0 Å². The molecule has 11 aromatic rings. The lowest BCUT2D eigenvalue weighted by Crippen LogP contribution is -2.10. The molecule has 11 rings (SSSR count). The highest BCUT2D eigenvalue weighted by molar-refractivity contribution is 7.25. The minimum Gasteiger partial charge on any atom is -0.310 e. The second-order valence-electron chi connectivity index (χ2n) is 14.1. The minimum absolute atomic E-state index is 1.11. The third kappa shape index (κ3) is 5.24. The molecule has 0 aliphatic rings. The van der Waals surface area contributed by atoms with Crippen LogP contribution in [0.2, 0.25) is 0 Å². The molecule has 0 unspecified atom stereocenters. The van der Waals surface area contributed by atoms with Crippen molar-refractivity contribution in [1.82, 2.24) is 4.57 Å². The number of hydrogen-bond donors (Lipinski definition) is 0. The van der Waals surface area contributed by atoms with Gasteiger partial charge in [0.2, 0.25) is 0 Å². The molecule has 0 spiro atoms. The summed E-state index contributed by atoms with van der Waals surface area (Å²) in [5.41, 5.74) is 11.7. The van der Waals surface area contributed by atoms with E-state index in [1.54, 1.807) is 0 Å². The molecule has 2 aromatic heterocycles. The largest absolute Gasteiger partial charge is 0.310 e. The number of aromatic nitrogens is 1. The fourth-order valence-electron chi connectivity index (χ4n) is 8.50. The molecule has 0 saturated heterocycles. The zero-order valence-electron chi connectivity index (χ0n) is 29.9. The third-order valence-corrected chi connectivity index (χ3v) is 12.1. The van der Waals surface area contributed by atoms with Gasteiger partial charge in [-0.2, -0.15) is 0 Å². The maximum Gasteiger partial charge on any atom is 0.0547 e. The summed E-state index contributed by atoms with van der Waals surface area (Å²) in [5.74, 6) is 0. The van der Waals surface area contributed by atoms with E-state index in [0.29, 0.717) is 0 Å². The van der Waals surface area contributed by atoms with E-state index < -0.39 is 0 Å². The van der Waals surface area contributed by atoms with Crippen LogP contribution in [0, 0.1) is 0 Å². The standard InChI is InChI=1S/C52H34N2S/c1-3-14-35(15-4-1)36-16-11-20-39(32-36)53(41-28-31-51-47(34-41)44-22-8-10-27-50(44)55-51)40-21-12-17-37(33-40)42-24-13-25-45-43(42)29-30-49-52(45)46-23-7-9-26-48(46)54(49)38-18-5-2-6-19-38/h1-34H. The van der Waals surface area contributed by atoms with Crippen molar-refractivity contribution < 1.29 is 0 Å². The highest BCUT2D eigenvalue weighted by Gasteiger charge is 2.19. The summed E-state index contributed by atoms with van der Waals surface area (Å²) in [6, 6.07) is 75.2. The lowest BCUT2D eigenvalue weighted by Gasteiger charge is -2.27. The molecule has 3 heteroatoms. The van der Waals surface area contributed by atoms with Crippen LogP contribution in [0.1, 0.15) is 0 Å². The zero-order chi connectivity index (χ0) is 36.3. The molecule has 0 amide bonds. The number of rotatable bonds is 6. The van der Waals surface area contributed by atoms with E-state index in [4.69, 9.17) is 0 Å². The Kier molecular flexibility index (Phi) is 7.39. The fraction of sp³-hybridized carbons (Fsp3) is 0. The SMILES string of the molecule is c1ccc(-c2cccc(N(c3cccc(-c4cccc5c4ccc4c5c5ccccc5n4-c4ccccc4)c3)c3ccc4sc5ccccc5c4c3)c2)cc1. The summed E-state index contributed by atoms with van der Waals surface area (Å²) in [4.78, 5) is 2.42. The van der Waals surface area contributed by atoms with E-state index in [1.807, 2.05) is 11.3 Å². The van der Waals surface area contributed by atoms with Gasteiger partial charge in [-0.1, -0.05) is 133 Å². The Morgan fingerprint density at radius 3 is 1.80 bits per heavy atom. The van der Waals surface area contributed by atoms with E-state index in [1.165, 1.54) is 80.7 Å². The van der Waals surface area contributed by atoms with Crippen LogP contribution < -0.4 is 4.90 Å². The Labute approximate surface area is 323 Å². The molecule has 0 fully saturated rings. The molecule has 9 aromatic carbocycles. The van der Waals surface area contributed by atoms with Crippen LogP contribution in [-0.2, 0) is 0 Å². The van der Waals surface area contributed by atoms with Gasteiger partial charge in [0.05, 0.1) is 11.0 Å². The first kappa shape index (κ1) is 31.6. The quantitative estimate of drug-likeness (QED) is 0.166. The van der Waals surface area contributed by atoms with Gasteiger partial charge >= 0.3 is 0 Å². The maximum absolute atomic E-state index is 2.42. The van der Waals surface area contributed by atoms with E-state index >= 15 is 0 Å². The zero-order valence-corrected chi connectivity index (χ0v) is 30.7. The highest BCUT2D eigenvalue weighted by atomic mass is 32.1. The van der Waals surface area contributed by atoms with Crippen molar-refractivity contribution in [3.05, 3.63) is 206 Å². The van der Waals surface area contributed by atoms with Crippen molar-refractivity contribution >= 4 is 81.1 Å². The van der Waals surface area contributed by atoms with E-state index in [-0.39, 0.29) is 0 Å². The first-order valence-corrected chi connectivity index (χ1v) is 19.6. The van der Waals surface area contributed by atoms with Gasteiger partial charge in [-0.3, -0.25) is 0 Å². The Bertz CT molecular complexity index is 3210. The number of para-hydroxylation sites is 2. The highest BCUT2D eigenvalue weighted by Crippen LogP contribution is 2.44. The molecule has 0 atom stereocenters. The Morgan fingerprint density at radius 1 is 0.345 bits per heavy atom. The van der Waals surface area contributed by atoms with Gasteiger partial charge < -0.3 is 9.47 Å². The molecule has 0 radical (unpaired) electrons. The summed E-state index contributed by atoms with van der Waals surface area (Å²) in [6.07, 6.45) is 0. The lowest BCUT2D eigenvalue weighted by molar-refractivity contribution is 1.18. The monoisotopic (exact) mass is 718 g/mol. The van der Waals surface area contributed by atoms with Crippen LogP contribution in [0.4, 0.5) is 17.1 Å². The van der Waals surface area contributed by atoms with Gasteiger partial charge in [-0.25, -0.2) is 0 Å². The number of hydrogen-bond acceptors (Lipinski definition) is 2. The number of thiophene rings is 1. The van der Waals surface area contributed by atoms with Gasteiger partial charge in [0, 0.05) is 53.7 Å². The fourth-order valence-corrected chi connectivity index (χ4v) is 9.59. The molecular formula is C52H34N2S. The van der Waals surface area contributed by atoms with Crippen LogP contribution in [-0.4, -0.2) is 4.57 Å². The number of anilines is 3. The van der Waals surface area contributed by atoms with Gasteiger partial charge in [0.15, 0.2) is 0 Å². The first-order valence-electron chi connectivity index (χ1n) is 18.8. The molecular weight excluding hydrogens is 685 g/mol. The summed E-state index contributed by atoms with van der Waals surface area (Å²) < 4.78 is 5.01. The molecule has 2 heterocycles. The summed E-state index contributed by atoms with van der Waals surface area (Å²) in [5, 5.41) is 7.63. The van der Waals surface area contributed by atoms with Crippen LogP contribution >= 0.6 is 11.3 Å². The minimum atomic E-state index is 1.11. The summed E-state index contributed by atoms with van der Waals surface area (Å²) in [6.45, 7) is 0. The van der Waals surface area contributed by atoms with Crippen molar-refractivity contribution in [3.63, 3.8) is 0 Å². The molecule has 0 N–H and O–H groups in total. The number of nitrogens with zero attached hydrogens (tertiary/aromatic N) is 2. The van der Waals surface area contributed by atoms with Crippen LogP contribution in [0.25, 0.3) is 80.7 Å². The van der Waals surface area contributed by atoms with Crippen molar-refractivity contribution in [2.75, 3.05) is 4.90 Å². The number of fused-ring (bicyclic) bond motifs is 8. The molecule has 0 bridgehead atoms. The van der Waals surface area contributed by atoms with E-state index in [0.717, 1.165) is 17.1 Å². The van der Waals surface area contributed by atoms with Crippen LogP contribution in [0.15, 0.2) is 206 Å². The predicted molar refractivity (Wildman–Crippen MR) is 237 cm³/mol. The Hall–Kier alpha value is -6.94. The molecule has 0 aliphatic carbocycles. The van der Waals surface area contributed by atoms with Gasteiger partial charge in [-0.15, -0.1) is 11.3 Å². The van der Waals surface area contributed by atoms with Crippen molar-refractivity contribution in [2.24, 2.45) is 0 Å². The van der Waals surface area contributed by atoms with E-state index in [9.17, 15) is 0 Å². The average Bonchev–Trinajstić information content (AvgIpc) is 3.80. The number of benzene rings is 9. The average molecular weight is 719 g/mol. The lowest BCUT2D eigenvalue weighted by atomic mass is 9.95. The topological polar surface area (TPSA) is 8.17 Å².